The minimum atomic E-state index is -4.73. The summed E-state index contributed by atoms with van der Waals surface area (Å²) < 4.78 is 56.6. The number of alkyl halides is 3. The Kier molecular flexibility index (Phi) is 4.15. The van der Waals surface area contributed by atoms with Crippen LogP contribution in [-0.4, -0.2) is 0 Å². The van der Waals surface area contributed by atoms with Crippen LogP contribution in [0, 0.1) is 5.82 Å². The van der Waals surface area contributed by atoms with Gasteiger partial charge in [0.25, 0.3) is 0 Å². The average Bonchev–Trinajstić information content (AvgIpc) is 2.72. The predicted octanol–water partition coefficient (Wildman–Crippen LogP) is 5.25. The van der Waals surface area contributed by atoms with E-state index in [4.69, 9.17) is 4.74 Å². The summed E-state index contributed by atoms with van der Waals surface area (Å²) in [5.41, 5.74) is -1.32. The van der Waals surface area contributed by atoms with Gasteiger partial charge in [-0.25, -0.2) is 4.39 Å². The first-order valence-corrected chi connectivity index (χ1v) is 6.76. The molecule has 0 N–H and O–H groups in total. The van der Waals surface area contributed by atoms with Crippen molar-refractivity contribution < 1.29 is 22.3 Å². The van der Waals surface area contributed by atoms with E-state index in [1.165, 1.54) is 17.4 Å². The summed E-state index contributed by atoms with van der Waals surface area (Å²) in [5, 5.41) is 1.84. The summed E-state index contributed by atoms with van der Waals surface area (Å²) in [4.78, 5) is 0.852. The van der Waals surface area contributed by atoms with Crippen molar-refractivity contribution in [1.29, 1.82) is 0 Å². The van der Waals surface area contributed by atoms with Crippen molar-refractivity contribution in [3.63, 3.8) is 0 Å². The minimum absolute atomic E-state index is 0.0155. The quantitative estimate of drug-likeness (QED) is 0.684. The van der Waals surface area contributed by atoms with Crippen LogP contribution in [0.2, 0.25) is 0 Å². The molecule has 1 nitrogen and oxygen atoms in total. The third-order valence-corrected chi connectivity index (χ3v) is 3.92. The van der Waals surface area contributed by atoms with Crippen LogP contribution in [0.1, 0.15) is 10.4 Å². The SMILES string of the molecule is Fc1ccc(OCc2cc(Br)cs2)cc1C(F)(F)F. The zero-order valence-electron chi connectivity index (χ0n) is 9.30. The number of hydrogen-bond acceptors (Lipinski definition) is 2. The zero-order valence-corrected chi connectivity index (χ0v) is 11.7. The maximum Gasteiger partial charge on any atom is 0.419 e. The molecule has 0 saturated heterocycles. The van der Waals surface area contributed by atoms with Crippen molar-refractivity contribution in [3.8, 4) is 5.75 Å². The molecular weight excluding hydrogens is 348 g/mol. The molecular formula is C12H7BrF4OS. The second kappa shape index (κ2) is 5.50. The van der Waals surface area contributed by atoms with Crippen LogP contribution >= 0.6 is 27.3 Å². The Morgan fingerprint density at radius 1 is 1.21 bits per heavy atom. The van der Waals surface area contributed by atoms with Crippen molar-refractivity contribution in [2.24, 2.45) is 0 Å². The first-order chi connectivity index (χ1) is 8.86. The van der Waals surface area contributed by atoms with Crippen LogP contribution in [0.3, 0.4) is 0 Å². The van der Waals surface area contributed by atoms with Gasteiger partial charge in [-0.3, -0.25) is 0 Å². The topological polar surface area (TPSA) is 9.23 Å². The molecule has 1 aromatic carbocycles. The van der Waals surface area contributed by atoms with Crippen LogP contribution in [0.15, 0.2) is 34.1 Å². The molecule has 0 aliphatic rings. The number of halogens is 5. The fraction of sp³-hybridized carbons (Fsp3) is 0.167. The van der Waals surface area contributed by atoms with Crippen LogP contribution < -0.4 is 4.74 Å². The zero-order chi connectivity index (χ0) is 14.0. The Hall–Kier alpha value is -1.08. The molecule has 0 unspecified atom stereocenters. The van der Waals surface area contributed by atoms with E-state index in [-0.39, 0.29) is 12.4 Å². The summed E-state index contributed by atoms with van der Waals surface area (Å²) >= 11 is 4.68. The fourth-order valence-corrected chi connectivity index (χ4v) is 2.76. The molecule has 1 aromatic heterocycles. The lowest BCUT2D eigenvalue weighted by molar-refractivity contribution is -0.140. The molecule has 0 aliphatic carbocycles. The van der Waals surface area contributed by atoms with E-state index < -0.39 is 17.6 Å². The number of hydrogen-bond donors (Lipinski definition) is 0. The van der Waals surface area contributed by atoms with Crippen molar-refractivity contribution >= 4 is 27.3 Å². The predicted molar refractivity (Wildman–Crippen MR) is 67.8 cm³/mol. The summed E-state index contributed by atoms with van der Waals surface area (Å²) in [7, 11) is 0. The second-order valence-electron chi connectivity index (χ2n) is 3.66. The van der Waals surface area contributed by atoms with Gasteiger partial charge in [0, 0.05) is 14.7 Å². The Bertz CT molecular complexity index is 579. The molecule has 0 radical (unpaired) electrons. The maximum atomic E-state index is 13.1. The highest BCUT2D eigenvalue weighted by molar-refractivity contribution is 9.10. The summed E-state index contributed by atoms with van der Waals surface area (Å²) in [6.07, 6.45) is -4.73. The third kappa shape index (κ3) is 3.70. The lowest BCUT2D eigenvalue weighted by Crippen LogP contribution is -2.08. The molecule has 1 heterocycles. The van der Waals surface area contributed by atoms with Crippen LogP contribution in [0.4, 0.5) is 17.6 Å². The van der Waals surface area contributed by atoms with Gasteiger partial charge in [0.1, 0.15) is 18.2 Å². The summed E-state index contributed by atoms with van der Waals surface area (Å²) in [6.45, 7) is 0.138. The van der Waals surface area contributed by atoms with Gasteiger partial charge in [0.05, 0.1) is 5.56 Å². The second-order valence-corrected chi connectivity index (χ2v) is 5.57. The Morgan fingerprint density at radius 2 is 1.95 bits per heavy atom. The smallest absolute Gasteiger partial charge is 0.419 e. The number of benzene rings is 1. The van der Waals surface area contributed by atoms with Crippen molar-refractivity contribution in [3.05, 3.63) is 50.4 Å². The van der Waals surface area contributed by atoms with E-state index in [9.17, 15) is 17.6 Å². The molecule has 0 fully saturated rings. The molecule has 0 aliphatic heterocycles. The standard InChI is InChI=1S/C12H7BrF4OS/c13-7-3-9(19-6-7)5-18-8-1-2-11(14)10(4-8)12(15,16)17/h1-4,6H,5H2. The number of ether oxygens (including phenoxy) is 1. The Morgan fingerprint density at radius 3 is 2.53 bits per heavy atom. The first kappa shape index (κ1) is 14.3. The lowest BCUT2D eigenvalue weighted by Gasteiger charge is -2.10. The van der Waals surface area contributed by atoms with E-state index in [2.05, 4.69) is 15.9 Å². The highest BCUT2D eigenvalue weighted by Crippen LogP contribution is 2.34. The maximum absolute atomic E-state index is 13.1. The lowest BCUT2D eigenvalue weighted by atomic mass is 10.2. The molecule has 19 heavy (non-hydrogen) atoms. The molecule has 7 heteroatoms. The number of thiophene rings is 1. The monoisotopic (exact) mass is 354 g/mol. The largest absolute Gasteiger partial charge is 0.488 e. The van der Waals surface area contributed by atoms with Gasteiger partial charge >= 0.3 is 6.18 Å². The molecule has 2 rings (SSSR count). The highest BCUT2D eigenvalue weighted by atomic mass is 79.9. The van der Waals surface area contributed by atoms with E-state index in [1.54, 1.807) is 6.07 Å². The van der Waals surface area contributed by atoms with Gasteiger partial charge in [0.15, 0.2) is 0 Å². The van der Waals surface area contributed by atoms with Gasteiger partial charge in [-0.15, -0.1) is 11.3 Å². The molecule has 0 spiro atoms. The van der Waals surface area contributed by atoms with Gasteiger partial charge in [-0.1, -0.05) is 0 Å². The van der Waals surface area contributed by atoms with Crippen LogP contribution in [0.25, 0.3) is 0 Å². The van der Waals surface area contributed by atoms with Crippen LogP contribution in [0.5, 0.6) is 5.75 Å². The first-order valence-electron chi connectivity index (χ1n) is 5.09. The van der Waals surface area contributed by atoms with Crippen molar-refractivity contribution in [2.45, 2.75) is 12.8 Å². The molecule has 2 aromatic rings. The molecule has 0 atom stereocenters. The fourth-order valence-electron chi connectivity index (χ4n) is 1.40. The Labute approximate surface area is 119 Å². The molecule has 0 saturated carbocycles. The van der Waals surface area contributed by atoms with E-state index in [0.717, 1.165) is 15.4 Å². The molecule has 0 amide bonds. The van der Waals surface area contributed by atoms with Gasteiger partial charge in [-0.05, 0) is 40.2 Å². The minimum Gasteiger partial charge on any atom is -0.488 e. The van der Waals surface area contributed by atoms with E-state index in [0.29, 0.717) is 6.07 Å². The van der Waals surface area contributed by atoms with E-state index in [1.807, 2.05) is 5.38 Å². The third-order valence-electron chi connectivity index (χ3n) is 2.25. The number of rotatable bonds is 3. The Balaban J connectivity index is 2.13. The van der Waals surface area contributed by atoms with Crippen molar-refractivity contribution in [2.75, 3.05) is 0 Å². The van der Waals surface area contributed by atoms with E-state index >= 15 is 0 Å². The van der Waals surface area contributed by atoms with Gasteiger partial charge < -0.3 is 4.74 Å². The van der Waals surface area contributed by atoms with Gasteiger partial charge in [0.2, 0.25) is 0 Å². The summed E-state index contributed by atoms with van der Waals surface area (Å²) in [6, 6.07) is 4.40. The highest BCUT2D eigenvalue weighted by Gasteiger charge is 2.34. The average molecular weight is 355 g/mol. The normalized spacial score (nSPS) is 11.6. The van der Waals surface area contributed by atoms with Crippen LogP contribution in [-0.2, 0) is 12.8 Å². The van der Waals surface area contributed by atoms with Crippen molar-refractivity contribution in [1.82, 2.24) is 0 Å². The summed E-state index contributed by atoms with van der Waals surface area (Å²) in [5.74, 6) is -1.32. The molecule has 0 bridgehead atoms. The molecule has 102 valence electrons. The van der Waals surface area contributed by atoms with Gasteiger partial charge in [-0.2, -0.15) is 13.2 Å².